The molecule has 1 atom stereocenters. The molecular weight excluding hydrogens is 206 g/mol. The molecule has 2 rings (SSSR count). The van der Waals surface area contributed by atoms with Gasteiger partial charge in [-0.05, 0) is 18.2 Å². The van der Waals surface area contributed by atoms with E-state index in [2.05, 4.69) is 43.1 Å². The normalized spacial score (nSPS) is 19.9. The highest BCUT2D eigenvalue weighted by Gasteiger charge is 2.20. The van der Waals surface area contributed by atoms with E-state index < -0.39 is 0 Å². The Morgan fingerprint density at radius 3 is 2.80 bits per heavy atom. The fraction of sp³-hybridized carbons (Fsp3) is 0.417. The highest BCUT2D eigenvalue weighted by molar-refractivity contribution is 8.13. The quantitative estimate of drug-likeness (QED) is 0.765. The van der Waals surface area contributed by atoms with E-state index in [1.54, 1.807) is 11.8 Å². The number of hydrogen-bond acceptors (Lipinski definition) is 3. The highest BCUT2D eigenvalue weighted by Crippen LogP contribution is 2.26. The van der Waals surface area contributed by atoms with Gasteiger partial charge in [0.25, 0.3) is 0 Å². The Kier molecular flexibility index (Phi) is 3.31. The summed E-state index contributed by atoms with van der Waals surface area (Å²) in [5.74, 6) is 1.01. The van der Waals surface area contributed by atoms with Crippen molar-refractivity contribution in [3.63, 3.8) is 0 Å². The molecule has 1 unspecified atom stereocenters. The van der Waals surface area contributed by atoms with Crippen molar-refractivity contribution >= 4 is 17.0 Å². The van der Waals surface area contributed by atoms with Gasteiger partial charge < -0.3 is 4.74 Å². The molecule has 0 spiro atoms. The SMILES string of the molecule is CCSC1=NCC(c2ccc(C)cc2)O1. The first-order valence-corrected chi connectivity index (χ1v) is 6.18. The van der Waals surface area contributed by atoms with Crippen LogP contribution in [0.3, 0.4) is 0 Å². The topological polar surface area (TPSA) is 21.6 Å². The number of ether oxygens (including phenoxy) is 1. The average molecular weight is 221 g/mol. The number of benzene rings is 1. The maximum atomic E-state index is 5.74. The van der Waals surface area contributed by atoms with Crippen LogP contribution >= 0.6 is 11.8 Å². The summed E-state index contributed by atoms with van der Waals surface area (Å²) >= 11 is 1.67. The van der Waals surface area contributed by atoms with Crippen molar-refractivity contribution in [2.75, 3.05) is 12.3 Å². The van der Waals surface area contributed by atoms with Crippen molar-refractivity contribution in [1.29, 1.82) is 0 Å². The third-order valence-corrected chi connectivity index (χ3v) is 3.11. The Morgan fingerprint density at radius 1 is 1.40 bits per heavy atom. The zero-order chi connectivity index (χ0) is 10.7. The van der Waals surface area contributed by atoms with Crippen LogP contribution in [0.5, 0.6) is 0 Å². The van der Waals surface area contributed by atoms with Gasteiger partial charge in [-0.3, -0.25) is 0 Å². The summed E-state index contributed by atoms with van der Waals surface area (Å²) in [6.45, 7) is 4.95. The molecule has 0 bridgehead atoms. The Hall–Kier alpha value is -0.960. The Bertz CT molecular complexity index is 358. The van der Waals surface area contributed by atoms with Crippen LogP contribution in [0.2, 0.25) is 0 Å². The molecule has 1 heterocycles. The zero-order valence-corrected chi connectivity index (χ0v) is 9.88. The molecule has 0 saturated carbocycles. The van der Waals surface area contributed by atoms with Gasteiger partial charge in [-0.1, -0.05) is 48.5 Å². The molecule has 0 radical (unpaired) electrons. The molecular formula is C12H15NOS. The number of aliphatic imine (C=N–C) groups is 1. The van der Waals surface area contributed by atoms with Crippen LogP contribution in [-0.2, 0) is 4.74 Å². The molecule has 0 fully saturated rings. The van der Waals surface area contributed by atoms with E-state index in [0.29, 0.717) is 0 Å². The van der Waals surface area contributed by atoms with E-state index in [-0.39, 0.29) is 6.10 Å². The van der Waals surface area contributed by atoms with Crippen LogP contribution < -0.4 is 0 Å². The summed E-state index contributed by atoms with van der Waals surface area (Å²) < 4.78 is 5.74. The third-order valence-electron chi connectivity index (χ3n) is 2.35. The predicted molar refractivity (Wildman–Crippen MR) is 65.4 cm³/mol. The van der Waals surface area contributed by atoms with Gasteiger partial charge in [0, 0.05) is 0 Å². The van der Waals surface area contributed by atoms with Gasteiger partial charge >= 0.3 is 0 Å². The monoisotopic (exact) mass is 221 g/mol. The van der Waals surface area contributed by atoms with Crippen LogP contribution in [-0.4, -0.2) is 17.5 Å². The minimum atomic E-state index is 0.125. The molecule has 80 valence electrons. The van der Waals surface area contributed by atoms with Crippen LogP contribution in [0.15, 0.2) is 29.3 Å². The molecule has 0 N–H and O–H groups in total. The highest BCUT2D eigenvalue weighted by atomic mass is 32.2. The molecule has 0 saturated heterocycles. The number of aryl methyl sites for hydroxylation is 1. The summed E-state index contributed by atoms with van der Waals surface area (Å²) in [7, 11) is 0. The first-order valence-electron chi connectivity index (χ1n) is 5.20. The van der Waals surface area contributed by atoms with E-state index in [4.69, 9.17) is 4.74 Å². The van der Waals surface area contributed by atoms with Crippen molar-refractivity contribution in [2.24, 2.45) is 4.99 Å². The largest absolute Gasteiger partial charge is 0.463 e. The zero-order valence-electron chi connectivity index (χ0n) is 9.06. The smallest absolute Gasteiger partial charge is 0.246 e. The van der Waals surface area contributed by atoms with E-state index in [0.717, 1.165) is 17.5 Å². The van der Waals surface area contributed by atoms with Gasteiger partial charge in [0.1, 0.15) is 6.10 Å². The lowest BCUT2D eigenvalue weighted by Crippen LogP contribution is -2.03. The number of thioether (sulfide) groups is 1. The molecule has 0 aromatic heterocycles. The summed E-state index contributed by atoms with van der Waals surface area (Å²) in [5, 5.41) is 0.836. The van der Waals surface area contributed by atoms with E-state index in [9.17, 15) is 0 Å². The summed E-state index contributed by atoms with van der Waals surface area (Å²) in [4.78, 5) is 4.36. The molecule has 1 aromatic rings. The first kappa shape index (κ1) is 10.6. The summed E-state index contributed by atoms with van der Waals surface area (Å²) in [5.41, 5.74) is 2.50. The van der Waals surface area contributed by atoms with Crippen LogP contribution in [0, 0.1) is 6.92 Å². The summed E-state index contributed by atoms with van der Waals surface area (Å²) in [6, 6.07) is 8.47. The number of hydrogen-bond donors (Lipinski definition) is 0. The lowest BCUT2D eigenvalue weighted by atomic mass is 10.1. The van der Waals surface area contributed by atoms with Crippen molar-refractivity contribution in [3.05, 3.63) is 35.4 Å². The van der Waals surface area contributed by atoms with Crippen molar-refractivity contribution < 1.29 is 4.74 Å². The fourth-order valence-corrected chi connectivity index (χ4v) is 2.11. The van der Waals surface area contributed by atoms with E-state index in [1.165, 1.54) is 11.1 Å². The molecule has 0 amide bonds. The third kappa shape index (κ3) is 2.53. The van der Waals surface area contributed by atoms with Crippen LogP contribution in [0.4, 0.5) is 0 Å². The summed E-state index contributed by atoms with van der Waals surface area (Å²) in [6.07, 6.45) is 0.125. The molecule has 1 aliphatic rings. The van der Waals surface area contributed by atoms with Gasteiger partial charge in [-0.25, -0.2) is 4.99 Å². The van der Waals surface area contributed by atoms with E-state index in [1.807, 2.05) is 0 Å². The average Bonchev–Trinajstić information content (AvgIpc) is 2.68. The minimum Gasteiger partial charge on any atom is -0.463 e. The molecule has 2 nitrogen and oxygen atoms in total. The fourth-order valence-electron chi connectivity index (χ4n) is 1.51. The predicted octanol–water partition coefficient (Wildman–Crippen LogP) is 3.18. The van der Waals surface area contributed by atoms with Gasteiger partial charge in [0.15, 0.2) is 0 Å². The van der Waals surface area contributed by atoms with Crippen LogP contribution in [0.25, 0.3) is 0 Å². The molecule has 0 aliphatic carbocycles. The van der Waals surface area contributed by atoms with Gasteiger partial charge in [0.2, 0.25) is 5.23 Å². The van der Waals surface area contributed by atoms with E-state index >= 15 is 0 Å². The second-order valence-corrected chi connectivity index (χ2v) is 4.77. The Morgan fingerprint density at radius 2 is 2.13 bits per heavy atom. The lowest BCUT2D eigenvalue weighted by Gasteiger charge is -2.10. The number of nitrogens with zero attached hydrogens (tertiary/aromatic N) is 1. The second kappa shape index (κ2) is 4.71. The maximum Gasteiger partial charge on any atom is 0.246 e. The van der Waals surface area contributed by atoms with Crippen molar-refractivity contribution in [3.8, 4) is 0 Å². The molecule has 1 aliphatic heterocycles. The lowest BCUT2D eigenvalue weighted by molar-refractivity contribution is 0.236. The first-order chi connectivity index (χ1) is 7.29. The van der Waals surface area contributed by atoms with Gasteiger partial charge in [0.05, 0.1) is 6.54 Å². The standard InChI is InChI=1S/C12H15NOS/c1-3-15-12-13-8-11(14-12)10-6-4-9(2)5-7-10/h4-7,11H,3,8H2,1-2H3. The van der Waals surface area contributed by atoms with Crippen molar-refractivity contribution in [2.45, 2.75) is 20.0 Å². The Labute approximate surface area is 94.7 Å². The molecule has 3 heteroatoms. The second-order valence-electron chi connectivity index (χ2n) is 3.56. The van der Waals surface area contributed by atoms with Crippen molar-refractivity contribution in [1.82, 2.24) is 0 Å². The maximum absolute atomic E-state index is 5.74. The van der Waals surface area contributed by atoms with Gasteiger partial charge in [-0.2, -0.15) is 0 Å². The molecule has 1 aromatic carbocycles. The Balaban J connectivity index is 2.01. The minimum absolute atomic E-state index is 0.125. The van der Waals surface area contributed by atoms with Gasteiger partial charge in [-0.15, -0.1) is 0 Å². The van der Waals surface area contributed by atoms with Crippen LogP contribution in [0.1, 0.15) is 24.2 Å². The number of rotatable bonds is 2. The molecule has 15 heavy (non-hydrogen) atoms.